The van der Waals surface area contributed by atoms with Gasteiger partial charge in [-0.2, -0.15) is 0 Å². The Bertz CT molecular complexity index is 510. The van der Waals surface area contributed by atoms with Crippen LogP contribution in [0.2, 0.25) is 0 Å². The molecule has 0 saturated carbocycles. The van der Waals surface area contributed by atoms with Gasteiger partial charge in [0.2, 0.25) is 5.91 Å². The Morgan fingerprint density at radius 3 is 2.50 bits per heavy atom. The van der Waals surface area contributed by atoms with Crippen molar-refractivity contribution in [1.29, 1.82) is 0 Å². The van der Waals surface area contributed by atoms with Crippen molar-refractivity contribution in [1.82, 2.24) is 10.2 Å². The third-order valence-electron chi connectivity index (χ3n) is 3.34. The minimum atomic E-state index is -0.0981. The number of benzene rings is 1. The number of rotatable bonds is 2. The molecule has 2 rings (SSSR count). The fourth-order valence-corrected chi connectivity index (χ4v) is 2.55. The molecule has 0 radical (unpaired) electrons. The van der Waals surface area contributed by atoms with Crippen LogP contribution < -0.4 is 16.8 Å². The monoisotopic (exact) mass is 276 g/mol. The maximum Gasteiger partial charge on any atom is 0.254 e. The number of carbonyl (C=O) groups is 2. The minimum absolute atomic E-state index is 0.0172. The number of likely N-dealkylation sites (tertiary alicyclic amines) is 1. The van der Waals surface area contributed by atoms with E-state index >= 15 is 0 Å². The highest BCUT2D eigenvalue weighted by molar-refractivity contribution is 5.96. The van der Waals surface area contributed by atoms with Gasteiger partial charge in [0.25, 0.3) is 5.91 Å². The maximum absolute atomic E-state index is 12.4. The summed E-state index contributed by atoms with van der Waals surface area (Å²) in [5.74, 6) is -0.170. The van der Waals surface area contributed by atoms with Crippen molar-refractivity contribution in [2.75, 3.05) is 24.6 Å². The lowest BCUT2D eigenvalue weighted by Gasteiger charge is -2.33. The molecule has 5 N–H and O–H groups in total. The largest absolute Gasteiger partial charge is 0.399 e. The highest BCUT2D eigenvalue weighted by Crippen LogP contribution is 2.18. The van der Waals surface area contributed by atoms with Gasteiger partial charge >= 0.3 is 0 Å². The standard InChI is InChI=1S/C14H20N4O2/c1-9(19)17-13-3-2-4-18(8-13)14(20)10-5-11(15)7-12(16)6-10/h5-7,13H,2-4,8,15-16H2,1H3,(H,17,19). The van der Waals surface area contributed by atoms with Crippen molar-refractivity contribution in [3.05, 3.63) is 23.8 Å². The number of hydrogen-bond donors (Lipinski definition) is 3. The molecular weight excluding hydrogens is 256 g/mol. The summed E-state index contributed by atoms with van der Waals surface area (Å²) in [6.45, 7) is 2.69. The van der Waals surface area contributed by atoms with Gasteiger partial charge in [0.1, 0.15) is 0 Å². The summed E-state index contributed by atoms with van der Waals surface area (Å²) in [7, 11) is 0. The van der Waals surface area contributed by atoms with Crippen molar-refractivity contribution in [3.63, 3.8) is 0 Å². The third-order valence-corrected chi connectivity index (χ3v) is 3.34. The van der Waals surface area contributed by atoms with Crippen LogP contribution in [0.1, 0.15) is 30.1 Å². The van der Waals surface area contributed by atoms with Crippen molar-refractivity contribution in [2.45, 2.75) is 25.8 Å². The molecule has 1 heterocycles. The molecule has 1 aliphatic heterocycles. The van der Waals surface area contributed by atoms with Crippen molar-refractivity contribution >= 4 is 23.2 Å². The fourth-order valence-electron chi connectivity index (χ4n) is 2.55. The van der Waals surface area contributed by atoms with Gasteiger partial charge < -0.3 is 21.7 Å². The van der Waals surface area contributed by atoms with E-state index in [0.29, 0.717) is 30.0 Å². The van der Waals surface area contributed by atoms with Gasteiger partial charge in [-0.25, -0.2) is 0 Å². The zero-order valence-electron chi connectivity index (χ0n) is 11.6. The number of nitrogens with one attached hydrogen (secondary N) is 1. The van der Waals surface area contributed by atoms with E-state index in [1.54, 1.807) is 23.1 Å². The molecule has 1 atom stereocenters. The van der Waals surface area contributed by atoms with Crippen LogP contribution in [0.4, 0.5) is 11.4 Å². The molecule has 6 nitrogen and oxygen atoms in total. The molecule has 0 aliphatic carbocycles. The quantitative estimate of drug-likeness (QED) is 0.688. The molecular formula is C14H20N4O2. The lowest BCUT2D eigenvalue weighted by atomic mass is 10.0. The van der Waals surface area contributed by atoms with Gasteiger partial charge in [0, 0.05) is 43.0 Å². The number of nitrogens with two attached hydrogens (primary N) is 2. The molecule has 6 heteroatoms. The Morgan fingerprint density at radius 2 is 1.90 bits per heavy atom. The number of hydrogen-bond acceptors (Lipinski definition) is 4. The van der Waals surface area contributed by atoms with Gasteiger partial charge in [0.05, 0.1) is 0 Å². The van der Waals surface area contributed by atoms with Crippen LogP contribution in [-0.2, 0) is 4.79 Å². The summed E-state index contributed by atoms with van der Waals surface area (Å²) in [4.78, 5) is 25.3. The summed E-state index contributed by atoms with van der Waals surface area (Å²) in [5.41, 5.74) is 12.9. The van der Waals surface area contributed by atoms with Crippen molar-refractivity contribution in [2.24, 2.45) is 0 Å². The normalized spacial score (nSPS) is 18.6. The van der Waals surface area contributed by atoms with Gasteiger partial charge in [-0.3, -0.25) is 9.59 Å². The number of nitrogens with zero attached hydrogens (tertiary/aromatic N) is 1. The molecule has 2 amide bonds. The van der Waals surface area contributed by atoms with E-state index in [2.05, 4.69) is 5.32 Å². The maximum atomic E-state index is 12.4. The van der Waals surface area contributed by atoms with Gasteiger partial charge in [-0.05, 0) is 31.0 Å². The van der Waals surface area contributed by atoms with Crippen LogP contribution in [-0.4, -0.2) is 35.8 Å². The van der Waals surface area contributed by atoms with Crippen LogP contribution in [0.3, 0.4) is 0 Å². The number of piperidine rings is 1. The van der Waals surface area contributed by atoms with E-state index in [0.717, 1.165) is 12.8 Å². The average Bonchev–Trinajstić information content (AvgIpc) is 2.36. The number of amides is 2. The van der Waals surface area contributed by atoms with E-state index in [1.165, 1.54) is 6.92 Å². The molecule has 1 fully saturated rings. The summed E-state index contributed by atoms with van der Waals surface area (Å²) in [5, 5.41) is 2.86. The van der Waals surface area contributed by atoms with Gasteiger partial charge in [-0.15, -0.1) is 0 Å². The first kappa shape index (κ1) is 14.2. The Hall–Kier alpha value is -2.24. The lowest BCUT2D eigenvalue weighted by Crippen LogP contribution is -2.49. The summed E-state index contributed by atoms with van der Waals surface area (Å²) < 4.78 is 0. The lowest BCUT2D eigenvalue weighted by molar-refractivity contribution is -0.120. The highest BCUT2D eigenvalue weighted by Gasteiger charge is 2.25. The van der Waals surface area contributed by atoms with Crippen molar-refractivity contribution in [3.8, 4) is 0 Å². The summed E-state index contributed by atoms with van der Waals surface area (Å²) in [6, 6.07) is 4.89. The molecule has 1 aromatic carbocycles. The molecule has 1 aromatic rings. The molecule has 1 saturated heterocycles. The van der Waals surface area contributed by atoms with Crippen LogP contribution in [0, 0.1) is 0 Å². The Kier molecular flexibility index (Phi) is 4.12. The van der Waals surface area contributed by atoms with E-state index in [4.69, 9.17) is 11.5 Å². The fraction of sp³-hybridized carbons (Fsp3) is 0.429. The first-order valence-corrected chi connectivity index (χ1v) is 6.68. The van der Waals surface area contributed by atoms with E-state index in [1.807, 2.05) is 0 Å². The Labute approximate surface area is 118 Å². The number of carbonyl (C=O) groups excluding carboxylic acids is 2. The topological polar surface area (TPSA) is 101 Å². The van der Waals surface area contributed by atoms with Crippen LogP contribution in [0.25, 0.3) is 0 Å². The predicted molar refractivity (Wildman–Crippen MR) is 78.0 cm³/mol. The number of nitrogen functional groups attached to an aromatic ring is 2. The number of anilines is 2. The Morgan fingerprint density at radius 1 is 1.25 bits per heavy atom. The van der Waals surface area contributed by atoms with Crippen LogP contribution in [0.5, 0.6) is 0 Å². The average molecular weight is 276 g/mol. The molecule has 1 aliphatic rings. The van der Waals surface area contributed by atoms with E-state index in [-0.39, 0.29) is 17.9 Å². The molecule has 0 aromatic heterocycles. The first-order chi connectivity index (χ1) is 9.45. The minimum Gasteiger partial charge on any atom is -0.399 e. The second kappa shape index (κ2) is 5.81. The van der Waals surface area contributed by atoms with E-state index < -0.39 is 0 Å². The Balaban J connectivity index is 2.10. The zero-order chi connectivity index (χ0) is 14.7. The summed E-state index contributed by atoms with van der Waals surface area (Å²) >= 11 is 0. The van der Waals surface area contributed by atoms with Crippen LogP contribution >= 0.6 is 0 Å². The van der Waals surface area contributed by atoms with Gasteiger partial charge in [0.15, 0.2) is 0 Å². The summed E-state index contributed by atoms with van der Waals surface area (Å²) in [6.07, 6.45) is 1.76. The molecule has 20 heavy (non-hydrogen) atoms. The molecule has 0 bridgehead atoms. The van der Waals surface area contributed by atoms with E-state index in [9.17, 15) is 9.59 Å². The molecule has 108 valence electrons. The second-order valence-corrected chi connectivity index (χ2v) is 5.18. The first-order valence-electron chi connectivity index (χ1n) is 6.68. The van der Waals surface area contributed by atoms with Crippen molar-refractivity contribution < 1.29 is 9.59 Å². The smallest absolute Gasteiger partial charge is 0.254 e. The molecule has 0 spiro atoms. The van der Waals surface area contributed by atoms with Gasteiger partial charge in [-0.1, -0.05) is 0 Å². The predicted octanol–water partition coefficient (Wildman–Crippen LogP) is 0.592. The molecule has 1 unspecified atom stereocenters. The zero-order valence-corrected chi connectivity index (χ0v) is 11.6. The second-order valence-electron chi connectivity index (χ2n) is 5.18. The third kappa shape index (κ3) is 3.40. The highest BCUT2D eigenvalue weighted by atomic mass is 16.2. The SMILES string of the molecule is CC(=O)NC1CCCN(C(=O)c2cc(N)cc(N)c2)C1. The van der Waals surface area contributed by atoms with Crippen LogP contribution in [0.15, 0.2) is 18.2 Å².